The van der Waals surface area contributed by atoms with Gasteiger partial charge in [-0.3, -0.25) is 4.79 Å². The molecule has 0 unspecified atom stereocenters. The number of hydrogen-bond donors (Lipinski definition) is 1. The Morgan fingerprint density at radius 3 is 2.40 bits per heavy atom. The van der Waals surface area contributed by atoms with Crippen LogP contribution < -0.4 is 5.32 Å². The van der Waals surface area contributed by atoms with Gasteiger partial charge in [0.2, 0.25) is 5.91 Å². The van der Waals surface area contributed by atoms with E-state index in [1.54, 1.807) is 0 Å². The summed E-state index contributed by atoms with van der Waals surface area (Å²) in [4.78, 5) is 11.8. The molecule has 1 amide bonds. The van der Waals surface area contributed by atoms with Gasteiger partial charge in [-0.25, -0.2) is 0 Å². The lowest BCUT2D eigenvalue weighted by Gasteiger charge is -2.07. The van der Waals surface area contributed by atoms with Gasteiger partial charge in [0.25, 0.3) is 0 Å². The largest absolute Gasteiger partial charge is 0.352 e. The van der Waals surface area contributed by atoms with Gasteiger partial charge < -0.3 is 5.32 Å². The maximum absolute atomic E-state index is 11.8. The van der Waals surface area contributed by atoms with E-state index in [4.69, 9.17) is 0 Å². The van der Waals surface area contributed by atoms with E-state index in [1.165, 1.54) is 16.7 Å². The highest BCUT2D eigenvalue weighted by Crippen LogP contribution is 2.11. The van der Waals surface area contributed by atoms with E-state index in [0.717, 1.165) is 12.0 Å². The first-order chi connectivity index (χ1) is 9.65. The average molecular weight is 267 g/mol. The van der Waals surface area contributed by atoms with Crippen molar-refractivity contribution in [3.8, 4) is 0 Å². The van der Waals surface area contributed by atoms with E-state index < -0.39 is 0 Å². The van der Waals surface area contributed by atoms with Crippen LogP contribution in [0.4, 0.5) is 0 Å². The maximum atomic E-state index is 11.8. The lowest BCUT2D eigenvalue weighted by molar-refractivity contribution is -0.121. The molecule has 20 heavy (non-hydrogen) atoms. The zero-order chi connectivity index (χ0) is 14.4. The normalized spacial score (nSPS) is 10.3. The first-order valence-electron chi connectivity index (χ1n) is 7.02. The zero-order valence-corrected chi connectivity index (χ0v) is 12.1. The zero-order valence-electron chi connectivity index (χ0n) is 12.1. The van der Waals surface area contributed by atoms with Gasteiger partial charge in [-0.05, 0) is 42.5 Å². The monoisotopic (exact) mass is 267 g/mol. The topological polar surface area (TPSA) is 29.1 Å². The summed E-state index contributed by atoms with van der Waals surface area (Å²) in [6.45, 7) is 4.81. The summed E-state index contributed by atoms with van der Waals surface area (Å²) in [5, 5.41) is 2.96. The van der Waals surface area contributed by atoms with Crippen molar-refractivity contribution in [2.24, 2.45) is 0 Å². The molecule has 0 fully saturated rings. The van der Waals surface area contributed by atoms with E-state index in [9.17, 15) is 4.79 Å². The van der Waals surface area contributed by atoms with Crippen LogP contribution in [-0.2, 0) is 17.8 Å². The number of hydrogen-bond acceptors (Lipinski definition) is 1. The smallest absolute Gasteiger partial charge is 0.220 e. The van der Waals surface area contributed by atoms with Crippen molar-refractivity contribution < 1.29 is 4.79 Å². The Bertz CT molecular complexity index is 575. The van der Waals surface area contributed by atoms with Crippen LogP contribution >= 0.6 is 0 Å². The molecule has 0 saturated carbocycles. The molecule has 0 spiro atoms. The highest BCUT2D eigenvalue weighted by molar-refractivity contribution is 5.76. The molecular weight excluding hydrogens is 246 g/mol. The Hall–Kier alpha value is -2.09. The van der Waals surface area contributed by atoms with Gasteiger partial charge in [0, 0.05) is 13.0 Å². The van der Waals surface area contributed by atoms with Gasteiger partial charge in [0.1, 0.15) is 0 Å². The Morgan fingerprint density at radius 2 is 1.70 bits per heavy atom. The standard InChI is InChI=1S/C18H21NO/c1-14-8-9-16(12-15(14)2)10-11-18(20)19-13-17-6-4-3-5-7-17/h3-9,12H,10-11,13H2,1-2H3,(H,19,20). The van der Waals surface area contributed by atoms with Crippen LogP contribution in [0, 0.1) is 13.8 Å². The summed E-state index contributed by atoms with van der Waals surface area (Å²) in [7, 11) is 0. The molecule has 0 bridgehead atoms. The van der Waals surface area contributed by atoms with Crippen molar-refractivity contribution >= 4 is 5.91 Å². The van der Waals surface area contributed by atoms with Crippen molar-refractivity contribution in [2.75, 3.05) is 0 Å². The molecule has 2 heteroatoms. The van der Waals surface area contributed by atoms with Gasteiger partial charge >= 0.3 is 0 Å². The minimum Gasteiger partial charge on any atom is -0.352 e. The number of amides is 1. The minimum atomic E-state index is 0.104. The van der Waals surface area contributed by atoms with Crippen molar-refractivity contribution in [2.45, 2.75) is 33.2 Å². The Balaban J connectivity index is 1.79. The van der Waals surface area contributed by atoms with Crippen LogP contribution in [0.1, 0.15) is 28.7 Å². The molecule has 0 aromatic heterocycles. The summed E-state index contributed by atoms with van der Waals surface area (Å²) in [6.07, 6.45) is 1.33. The minimum absolute atomic E-state index is 0.104. The molecule has 0 aliphatic heterocycles. The SMILES string of the molecule is Cc1ccc(CCC(=O)NCc2ccccc2)cc1C. The lowest BCUT2D eigenvalue weighted by Crippen LogP contribution is -2.22. The summed E-state index contributed by atoms with van der Waals surface area (Å²) in [6, 6.07) is 16.4. The number of carbonyl (C=O) groups is 1. The predicted molar refractivity (Wildman–Crippen MR) is 82.5 cm³/mol. The molecule has 2 nitrogen and oxygen atoms in total. The quantitative estimate of drug-likeness (QED) is 0.882. The van der Waals surface area contributed by atoms with Crippen LogP contribution in [0.3, 0.4) is 0 Å². The highest BCUT2D eigenvalue weighted by atomic mass is 16.1. The highest BCUT2D eigenvalue weighted by Gasteiger charge is 2.03. The Morgan fingerprint density at radius 1 is 0.950 bits per heavy atom. The molecular formula is C18H21NO. The van der Waals surface area contributed by atoms with Crippen molar-refractivity contribution in [1.82, 2.24) is 5.32 Å². The number of nitrogens with one attached hydrogen (secondary N) is 1. The molecule has 0 heterocycles. The van der Waals surface area contributed by atoms with Gasteiger partial charge in [-0.2, -0.15) is 0 Å². The lowest BCUT2D eigenvalue weighted by atomic mass is 10.0. The number of rotatable bonds is 5. The van der Waals surface area contributed by atoms with Crippen LogP contribution in [0.25, 0.3) is 0 Å². The molecule has 2 aromatic carbocycles. The van der Waals surface area contributed by atoms with E-state index in [2.05, 4.69) is 37.4 Å². The van der Waals surface area contributed by atoms with Crippen LogP contribution in [0.15, 0.2) is 48.5 Å². The second kappa shape index (κ2) is 6.90. The molecule has 0 atom stereocenters. The molecule has 2 aromatic rings. The fraction of sp³-hybridized carbons (Fsp3) is 0.278. The number of carbonyl (C=O) groups excluding carboxylic acids is 1. The van der Waals surface area contributed by atoms with Gasteiger partial charge in [0.05, 0.1) is 0 Å². The third-order valence-electron chi connectivity index (χ3n) is 3.54. The first kappa shape index (κ1) is 14.3. The fourth-order valence-corrected chi connectivity index (χ4v) is 2.10. The van der Waals surface area contributed by atoms with Gasteiger partial charge in [-0.15, -0.1) is 0 Å². The summed E-state index contributed by atoms with van der Waals surface area (Å²) in [5.41, 5.74) is 4.93. The van der Waals surface area contributed by atoms with E-state index >= 15 is 0 Å². The summed E-state index contributed by atoms with van der Waals surface area (Å²) >= 11 is 0. The Kier molecular flexibility index (Phi) is 4.94. The number of benzene rings is 2. The van der Waals surface area contributed by atoms with Crippen LogP contribution in [-0.4, -0.2) is 5.91 Å². The first-order valence-corrected chi connectivity index (χ1v) is 7.02. The molecule has 1 N–H and O–H groups in total. The third-order valence-corrected chi connectivity index (χ3v) is 3.54. The van der Waals surface area contributed by atoms with Crippen molar-refractivity contribution in [3.63, 3.8) is 0 Å². The maximum Gasteiger partial charge on any atom is 0.220 e. The van der Waals surface area contributed by atoms with E-state index in [0.29, 0.717) is 13.0 Å². The van der Waals surface area contributed by atoms with Gasteiger partial charge in [-0.1, -0.05) is 48.5 Å². The van der Waals surface area contributed by atoms with E-state index in [1.807, 2.05) is 30.3 Å². The fourth-order valence-electron chi connectivity index (χ4n) is 2.10. The third kappa shape index (κ3) is 4.23. The molecule has 2 rings (SSSR count). The molecule has 0 saturated heterocycles. The summed E-state index contributed by atoms with van der Waals surface area (Å²) < 4.78 is 0. The molecule has 0 radical (unpaired) electrons. The average Bonchev–Trinajstić information content (AvgIpc) is 2.47. The van der Waals surface area contributed by atoms with Crippen molar-refractivity contribution in [1.29, 1.82) is 0 Å². The van der Waals surface area contributed by atoms with Crippen molar-refractivity contribution in [3.05, 3.63) is 70.8 Å². The predicted octanol–water partition coefficient (Wildman–Crippen LogP) is 3.55. The Labute approximate surface area is 120 Å². The molecule has 0 aliphatic carbocycles. The second-order valence-corrected chi connectivity index (χ2v) is 5.18. The van der Waals surface area contributed by atoms with E-state index in [-0.39, 0.29) is 5.91 Å². The number of aryl methyl sites for hydroxylation is 3. The summed E-state index contributed by atoms with van der Waals surface area (Å²) in [5.74, 6) is 0.104. The molecule has 104 valence electrons. The van der Waals surface area contributed by atoms with Crippen LogP contribution in [0.2, 0.25) is 0 Å². The van der Waals surface area contributed by atoms with Gasteiger partial charge in [0.15, 0.2) is 0 Å². The van der Waals surface area contributed by atoms with Crippen LogP contribution in [0.5, 0.6) is 0 Å². The second-order valence-electron chi connectivity index (χ2n) is 5.18. The molecule has 0 aliphatic rings.